The van der Waals surface area contributed by atoms with Gasteiger partial charge in [0, 0.05) is 6.54 Å². The Morgan fingerprint density at radius 3 is 2.32 bits per heavy atom. The minimum absolute atomic E-state index is 0.101. The van der Waals surface area contributed by atoms with Crippen LogP contribution in [0, 0.1) is 18.3 Å². The highest BCUT2D eigenvalue weighted by Gasteiger charge is 2.05. The van der Waals surface area contributed by atoms with Crippen LogP contribution < -0.4 is 14.8 Å². The molecule has 0 heterocycles. The molecule has 1 N–H and O–H groups in total. The number of carbonyl (C=O) groups excluding carboxylic acids is 1. The zero-order valence-corrected chi connectivity index (χ0v) is 16.8. The number of ether oxygens (including phenoxy) is 2. The number of nitrogens with one attached hydrogen (secondary N) is 1. The molecule has 0 spiro atoms. The zero-order chi connectivity index (χ0) is 20.4. The highest BCUT2D eigenvalue weighted by molar-refractivity contribution is 5.77. The van der Waals surface area contributed by atoms with Gasteiger partial charge in [0.15, 0.2) is 0 Å². The van der Waals surface area contributed by atoms with Gasteiger partial charge >= 0.3 is 0 Å². The second-order valence-corrected chi connectivity index (χ2v) is 6.95. The van der Waals surface area contributed by atoms with E-state index in [0.29, 0.717) is 32.1 Å². The quantitative estimate of drug-likeness (QED) is 0.629. The fourth-order valence-electron chi connectivity index (χ4n) is 2.94. The first kappa shape index (κ1) is 21.3. The SMILES string of the molecule is Cc1cc(OCCOc2ccc(CCNC(=O)CC#N)cc2)ccc1C(C)C. The molecule has 0 fully saturated rings. The molecule has 0 unspecified atom stereocenters. The summed E-state index contributed by atoms with van der Waals surface area (Å²) in [6.07, 6.45) is 0.614. The second-order valence-electron chi connectivity index (χ2n) is 6.95. The molecule has 0 saturated heterocycles. The van der Waals surface area contributed by atoms with Crippen LogP contribution in [-0.2, 0) is 11.2 Å². The van der Waals surface area contributed by atoms with E-state index in [9.17, 15) is 4.79 Å². The predicted molar refractivity (Wildman–Crippen MR) is 110 cm³/mol. The average molecular weight is 380 g/mol. The number of rotatable bonds is 10. The first-order chi connectivity index (χ1) is 13.5. The summed E-state index contributed by atoms with van der Waals surface area (Å²) in [5.74, 6) is 1.91. The van der Waals surface area contributed by atoms with Crippen molar-refractivity contribution in [3.05, 3.63) is 59.2 Å². The Labute approximate surface area is 167 Å². The molecule has 0 aliphatic heterocycles. The molecule has 0 aliphatic rings. The third kappa shape index (κ3) is 6.96. The molecule has 1 amide bonds. The lowest BCUT2D eigenvalue weighted by molar-refractivity contribution is -0.120. The number of hydrogen-bond acceptors (Lipinski definition) is 4. The Balaban J connectivity index is 1.70. The molecule has 2 rings (SSSR count). The summed E-state index contributed by atoms with van der Waals surface area (Å²) >= 11 is 0. The second kappa shape index (κ2) is 11.0. The molecule has 0 aliphatic carbocycles. The number of nitrogens with zero attached hydrogens (tertiary/aromatic N) is 1. The van der Waals surface area contributed by atoms with Crippen molar-refractivity contribution in [1.29, 1.82) is 5.26 Å². The van der Waals surface area contributed by atoms with Gasteiger partial charge in [0.25, 0.3) is 0 Å². The van der Waals surface area contributed by atoms with E-state index in [1.165, 1.54) is 11.1 Å². The fraction of sp³-hybridized carbons (Fsp3) is 0.391. The lowest BCUT2D eigenvalue weighted by Gasteiger charge is -2.13. The largest absolute Gasteiger partial charge is 0.490 e. The van der Waals surface area contributed by atoms with E-state index < -0.39 is 0 Å². The molecule has 28 heavy (non-hydrogen) atoms. The Kier molecular flexibility index (Phi) is 8.36. The highest BCUT2D eigenvalue weighted by Crippen LogP contribution is 2.23. The molecule has 5 heteroatoms. The first-order valence-electron chi connectivity index (χ1n) is 9.58. The molecule has 0 atom stereocenters. The van der Waals surface area contributed by atoms with Crippen LogP contribution in [0.25, 0.3) is 0 Å². The molecular formula is C23H28N2O3. The van der Waals surface area contributed by atoms with Gasteiger partial charge in [-0.3, -0.25) is 4.79 Å². The Hall–Kier alpha value is -3.00. The first-order valence-corrected chi connectivity index (χ1v) is 9.58. The number of nitriles is 1. The summed E-state index contributed by atoms with van der Waals surface area (Å²) in [4.78, 5) is 11.2. The summed E-state index contributed by atoms with van der Waals surface area (Å²) < 4.78 is 11.5. The van der Waals surface area contributed by atoms with Crippen molar-refractivity contribution in [3.8, 4) is 17.6 Å². The van der Waals surface area contributed by atoms with E-state index in [-0.39, 0.29) is 12.3 Å². The summed E-state index contributed by atoms with van der Waals surface area (Å²) in [5.41, 5.74) is 3.68. The van der Waals surface area contributed by atoms with Gasteiger partial charge in [0.05, 0.1) is 6.07 Å². The van der Waals surface area contributed by atoms with Gasteiger partial charge in [-0.05, 0) is 60.2 Å². The van der Waals surface area contributed by atoms with Crippen LogP contribution in [0.5, 0.6) is 11.5 Å². The van der Waals surface area contributed by atoms with Gasteiger partial charge in [-0.1, -0.05) is 32.0 Å². The van der Waals surface area contributed by atoms with Crippen LogP contribution in [0.4, 0.5) is 0 Å². The van der Waals surface area contributed by atoms with Gasteiger partial charge in [-0.25, -0.2) is 0 Å². The maximum absolute atomic E-state index is 11.2. The van der Waals surface area contributed by atoms with Gasteiger partial charge in [-0.2, -0.15) is 5.26 Å². The highest BCUT2D eigenvalue weighted by atomic mass is 16.5. The maximum atomic E-state index is 11.2. The van der Waals surface area contributed by atoms with Crippen molar-refractivity contribution in [1.82, 2.24) is 5.32 Å². The molecule has 0 aromatic heterocycles. The van der Waals surface area contributed by atoms with Crippen LogP contribution in [0.3, 0.4) is 0 Å². The van der Waals surface area contributed by atoms with Crippen LogP contribution in [0.2, 0.25) is 0 Å². The lowest BCUT2D eigenvalue weighted by Crippen LogP contribution is -2.24. The summed E-state index contributed by atoms with van der Waals surface area (Å²) in [6.45, 7) is 7.94. The van der Waals surface area contributed by atoms with Crippen molar-refractivity contribution in [2.45, 2.75) is 39.5 Å². The van der Waals surface area contributed by atoms with E-state index in [1.54, 1.807) is 0 Å². The fourth-order valence-corrected chi connectivity index (χ4v) is 2.94. The number of amides is 1. The third-order valence-electron chi connectivity index (χ3n) is 4.38. The average Bonchev–Trinajstić information content (AvgIpc) is 2.66. The van der Waals surface area contributed by atoms with E-state index in [0.717, 1.165) is 17.1 Å². The molecule has 0 saturated carbocycles. The molecule has 2 aromatic rings. The minimum Gasteiger partial charge on any atom is -0.490 e. The monoisotopic (exact) mass is 380 g/mol. The van der Waals surface area contributed by atoms with Gasteiger partial charge in [0.2, 0.25) is 5.91 Å². The summed E-state index contributed by atoms with van der Waals surface area (Å²) in [6, 6.07) is 15.8. The molecular weight excluding hydrogens is 352 g/mol. The number of aryl methyl sites for hydroxylation is 1. The van der Waals surface area contributed by atoms with E-state index in [1.807, 2.05) is 36.4 Å². The number of carbonyl (C=O) groups is 1. The third-order valence-corrected chi connectivity index (χ3v) is 4.38. The summed E-state index contributed by atoms with van der Waals surface area (Å²) in [7, 11) is 0. The minimum atomic E-state index is -0.239. The molecule has 0 radical (unpaired) electrons. The van der Waals surface area contributed by atoms with Crippen molar-refractivity contribution < 1.29 is 14.3 Å². The van der Waals surface area contributed by atoms with Crippen molar-refractivity contribution in [3.63, 3.8) is 0 Å². The van der Waals surface area contributed by atoms with Gasteiger partial charge < -0.3 is 14.8 Å². The standard InChI is InChI=1S/C23H28N2O3/c1-17(2)22-9-8-21(16-18(22)3)28-15-14-27-20-6-4-19(5-7-20)11-13-25-23(26)10-12-24/h4-9,16-17H,10-11,13-15H2,1-3H3,(H,25,26). The molecule has 0 bridgehead atoms. The zero-order valence-electron chi connectivity index (χ0n) is 16.8. The van der Waals surface area contributed by atoms with Crippen LogP contribution in [0.1, 0.15) is 42.9 Å². The topological polar surface area (TPSA) is 71.3 Å². The van der Waals surface area contributed by atoms with Crippen LogP contribution >= 0.6 is 0 Å². The van der Waals surface area contributed by atoms with Crippen LogP contribution in [-0.4, -0.2) is 25.7 Å². The maximum Gasteiger partial charge on any atom is 0.234 e. The van der Waals surface area contributed by atoms with Crippen LogP contribution in [0.15, 0.2) is 42.5 Å². The molecule has 148 valence electrons. The van der Waals surface area contributed by atoms with Crippen molar-refractivity contribution in [2.75, 3.05) is 19.8 Å². The number of benzene rings is 2. The van der Waals surface area contributed by atoms with Crippen molar-refractivity contribution >= 4 is 5.91 Å². The predicted octanol–water partition coefficient (Wildman–Crippen LogP) is 4.15. The Bertz CT molecular complexity index is 808. The molecule has 5 nitrogen and oxygen atoms in total. The van der Waals surface area contributed by atoms with Gasteiger partial charge in [-0.15, -0.1) is 0 Å². The Morgan fingerprint density at radius 2 is 1.71 bits per heavy atom. The normalized spacial score (nSPS) is 10.4. The van der Waals surface area contributed by atoms with Gasteiger partial charge in [0.1, 0.15) is 31.1 Å². The van der Waals surface area contributed by atoms with E-state index in [4.69, 9.17) is 14.7 Å². The smallest absolute Gasteiger partial charge is 0.234 e. The molecule has 2 aromatic carbocycles. The number of hydrogen-bond donors (Lipinski definition) is 1. The van der Waals surface area contributed by atoms with Crippen molar-refractivity contribution in [2.24, 2.45) is 0 Å². The van der Waals surface area contributed by atoms with E-state index in [2.05, 4.69) is 38.2 Å². The Morgan fingerprint density at radius 1 is 1.07 bits per heavy atom. The summed E-state index contributed by atoms with van der Waals surface area (Å²) in [5, 5.41) is 11.2. The lowest BCUT2D eigenvalue weighted by atomic mass is 9.98. The van der Waals surface area contributed by atoms with E-state index >= 15 is 0 Å².